The SMILES string of the molecule is COc1ccc(CCNCC(=O)NCC2CCCO2)cc1. The van der Waals surface area contributed by atoms with Crippen LogP contribution in [-0.2, 0) is 16.0 Å². The minimum Gasteiger partial charge on any atom is -0.497 e. The van der Waals surface area contributed by atoms with Crippen LogP contribution in [0, 0.1) is 0 Å². The summed E-state index contributed by atoms with van der Waals surface area (Å²) < 4.78 is 10.6. The van der Waals surface area contributed by atoms with Gasteiger partial charge in [0.25, 0.3) is 0 Å². The van der Waals surface area contributed by atoms with E-state index in [9.17, 15) is 4.79 Å². The number of ether oxygens (including phenoxy) is 2. The number of benzene rings is 1. The second-order valence-corrected chi connectivity index (χ2v) is 5.21. The minimum atomic E-state index is 0.0280. The Hall–Kier alpha value is -1.59. The van der Waals surface area contributed by atoms with Crippen LogP contribution in [0.3, 0.4) is 0 Å². The summed E-state index contributed by atoms with van der Waals surface area (Å²) in [5.74, 6) is 0.889. The van der Waals surface area contributed by atoms with E-state index < -0.39 is 0 Å². The highest BCUT2D eigenvalue weighted by atomic mass is 16.5. The first-order chi connectivity index (χ1) is 10.3. The normalized spacial score (nSPS) is 17.7. The molecule has 5 nitrogen and oxygen atoms in total. The number of carbonyl (C=O) groups excluding carboxylic acids is 1. The van der Waals surface area contributed by atoms with Crippen LogP contribution >= 0.6 is 0 Å². The molecule has 0 spiro atoms. The van der Waals surface area contributed by atoms with Gasteiger partial charge in [-0.25, -0.2) is 0 Å². The van der Waals surface area contributed by atoms with Gasteiger partial charge in [0.15, 0.2) is 0 Å². The number of amides is 1. The molecule has 0 aromatic heterocycles. The van der Waals surface area contributed by atoms with Gasteiger partial charge < -0.3 is 20.1 Å². The van der Waals surface area contributed by atoms with E-state index in [-0.39, 0.29) is 12.0 Å². The van der Waals surface area contributed by atoms with Crippen LogP contribution in [0.4, 0.5) is 0 Å². The third-order valence-electron chi connectivity index (χ3n) is 3.59. The summed E-state index contributed by atoms with van der Waals surface area (Å²) >= 11 is 0. The first-order valence-electron chi connectivity index (χ1n) is 7.50. The fourth-order valence-electron chi connectivity index (χ4n) is 2.32. The first kappa shape index (κ1) is 15.8. The van der Waals surface area contributed by atoms with Crippen molar-refractivity contribution in [2.45, 2.75) is 25.4 Å². The van der Waals surface area contributed by atoms with Crippen LogP contribution in [0.5, 0.6) is 5.75 Å². The van der Waals surface area contributed by atoms with Crippen molar-refractivity contribution in [2.75, 3.05) is 33.4 Å². The summed E-state index contributed by atoms with van der Waals surface area (Å²) in [7, 11) is 1.66. The molecule has 1 aliphatic rings. The molecular weight excluding hydrogens is 268 g/mol. The van der Waals surface area contributed by atoms with Gasteiger partial charge in [0.1, 0.15) is 5.75 Å². The zero-order valence-electron chi connectivity index (χ0n) is 12.6. The summed E-state index contributed by atoms with van der Waals surface area (Å²) in [6.45, 7) is 2.57. The maximum atomic E-state index is 11.6. The maximum Gasteiger partial charge on any atom is 0.234 e. The number of methoxy groups -OCH3 is 1. The smallest absolute Gasteiger partial charge is 0.234 e. The predicted molar refractivity (Wildman–Crippen MR) is 81.6 cm³/mol. The number of rotatable bonds is 8. The van der Waals surface area contributed by atoms with Gasteiger partial charge in [-0.2, -0.15) is 0 Å². The lowest BCUT2D eigenvalue weighted by molar-refractivity contribution is -0.120. The molecular formula is C16H24N2O3. The topological polar surface area (TPSA) is 59.6 Å². The molecule has 116 valence electrons. The molecule has 2 N–H and O–H groups in total. The highest BCUT2D eigenvalue weighted by molar-refractivity contribution is 5.77. The summed E-state index contributed by atoms with van der Waals surface area (Å²) in [6.07, 6.45) is 3.24. The van der Waals surface area contributed by atoms with Gasteiger partial charge in [-0.1, -0.05) is 12.1 Å². The molecule has 0 aliphatic carbocycles. The summed E-state index contributed by atoms with van der Waals surface area (Å²) in [5, 5.41) is 6.05. The largest absolute Gasteiger partial charge is 0.497 e. The van der Waals surface area contributed by atoms with Gasteiger partial charge in [-0.15, -0.1) is 0 Å². The van der Waals surface area contributed by atoms with Gasteiger partial charge in [0.2, 0.25) is 5.91 Å². The van der Waals surface area contributed by atoms with Crippen molar-refractivity contribution in [3.05, 3.63) is 29.8 Å². The lowest BCUT2D eigenvalue weighted by atomic mass is 10.1. The van der Waals surface area contributed by atoms with Crippen molar-refractivity contribution < 1.29 is 14.3 Å². The van der Waals surface area contributed by atoms with Gasteiger partial charge >= 0.3 is 0 Å². The Morgan fingerprint density at radius 1 is 1.38 bits per heavy atom. The average molecular weight is 292 g/mol. The molecule has 21 heavy (non-hydrogen) atoms. The van der Waals surface area contributed by atoms with Gasteiger partial charge in [0, 0.05) is 13.2 Å². The molecule has 2 rings (SSSR count). The summed E-state index contributed by atoms with van der Waals surface area (Å²) in [6, 6.07) is 7.98. The molecule has 1 aliphatic heterocycles. The zero-order chi connectivity index (χ0) is 14.9. The Morgan fingerprint density at radius 3 is 2.86 bits per heavy atom. The van der Waals surface area contributed by atoms with Gasteiger partial charge in [0.05, 0.1) is 19.8 Å². The molecule has 0 saturated carbocycles. The average Bonchev–Trinajstić information content (AvgIpc) is 3.03. The van der Waals surface area contributed by atoms with Crippen molar-refractivity contribution in [1.82, 2.24) is 10.6 Å². The van der Waals surface area contributed by atoms with Crippen LogP contribution in [0.15, 0.2) is 24.3 Å². The lowest BCUT2D eigenvalue weighted by Crippen LogP contribution is -2.38. The predicted octanol–water partition coefficient (Wildman–Crippen LogP) is 1.12. The zero-order valence-corrected chi connectivity index (χ0v) is 12.6. The van der Waals surface area contributed by atoms with Crippen LogP contribution < -0.4 is 15.4 Å². The van der Waals surface area contributed by atoms with E-state index in [1.807, 2.05) is 24.3 Å². The Morgan fingerprint density at radius 2 is 2.19 bits per heavy atom. The van der Waals surface area contributed by atoms with Crippen molar-refractivity contribution in [3.63, 3.8) is 0 Å². The Labute approximate surface area is 126 Å². The monoisotopic (exact) mass is 292 g/mol. The van der Waals surface area contributed by atoms with E-state index in [1.165, 1.54) is 5.56 Å². The molecule has 1 atom stereocenters. The molecule has 1 saturated heterocycles. The quantitative estimate of drug-likeness (QED) is 0.705. The highest BCUT2D eigenvalue weighted by Crippen LogP contribution is 2.11. The summed E-state index contributed by atoms with van der Waals surface area (Å²) in [5.41, 5.74) is 1.23. The van der Waals surface area contributed by atoms with Crippen molar-refractivity contribution >= 4 is 5.91 Å². The lowest BCUT2D eigenvalue weighted by Gasteiger charge is -2.11. The van der Waals surface area contributed by atoms with E-state index in [0.29, 0.717) is 13.1 Å². The molecule has 1 heterocycles. The third-order valence-corrected chi connectivity index (χ3v) is 3.59. The second kappa shape index (κ2) is 8.64. The Kier molecular flexibility index (Phi) is 6.50. The Bertz CT molecular complexity index is 428. The summed E-state index contributed by atoms with van der Waals surface area (Å²) in [4.78, 5) is 11.6. The molecule has 0 radical (unpaired) electrons. The minimum absolute atomic E-state index is 0.0280. The fourth-order valence-corrected chi connectivity index (χ4v) is 2.32. The Balaban J connectivity index is 1.54. The van der Waals surface area contributed by atoms with E-state index in [0.717, 1.165) is 38.2 Å². The molecule has 1 unspecified atom stereocenters. The van der Waals surface area contributed by atoms with Crippen LogP contribution in [0.1, 0.15) is 18.4 Å². The molecule has 1 aromatic carbocycles. The highest BCUT2D eigenvalue weighted by Gasteiger charge is 2.15. The van der Waals surface area contributed by atoms with Crippen molar-refractivity contribution in [2.24, 2.45) is 0 Å². The van der Waals surface area contributed by atoms with Crippen LogP contribution in [0.2, 0.25) is 0 Å². The fraction of sp³-hybridized carbons (Fsp3) is 0.562. The van der Waals surface area contributed by atoms with E-state index in [1.54, 1.807) is 7.11 Å². The number of hydrogen-bond donors (Lipinski definition) is 2. The molecule has 1 amide bonds. The number of carbonyl (C=O) groups is 1. The van der Waals surface area contributed by atoms with Crippen LogP contribution in [-0.4, -0.2) is 45.4 Å². The molecule has 1 fully saturated rings. The number of hydrogen-bond acceptors (Lipinski definition) is 4. The third kappa shape index (κ3) is 5.73. The van der Waals surface area contributed by atoms with E-state index in [2.05, 4.69) is 10.6 Å². The van der Waals surface area contributed by atoms with Gasteiger partial charge in [-0.3, -0.25) is 4.79 Å². The van der Waals surface area contributed by atoms with Crippen LogP contribution in [0.25, 0.3) is 0 Å². The van der Waals surface area contributed by atoms with Crippen molar-refractivity contribution in [1.29, 1.82) is 0 Å². The van der Waals surface area contributed by atoms with E-state index >= 15 is 0 Å². The molecule has 1 aromatic rings. The standard InChI is InChI=1S/C16H24N2O3/c1-20-14-6-4-13(5-7-14)8-9-17-12-16(19)18-11-15-3-2-10-21-15/h4-7,15,17H,2-3,8-12H2,1H3,(H,18,19). The van der Waals surface area contributed by atoms with E-state index in [4.69, 9.17) is 9.47 Å². The molecule has 0 bridgehead atoms. The maximum absolute atomic E-state index is 11.6. The molecule has 5 heteroatoms. The van der Waals surface area contributed by atoms with Crippen molar-refractivity contribution in [3.8, 4) is 5.75 Å². The first-order valence-corrected chi connectivity index (χ1v) is 7.50. The number of nitrogens with one attached hydrogen (secondary N) is 2. The second-order valence-electron chi connectivity index (χ2n) is 5.21. The van der Waals surface area contributed by atoms with Gasteiger partial charge in [-0.05, 0) is 43.5 Å².